The zero-order valence-electron chi connectivity index (χ0n) is 16.5. The number of ether oxygens (including phenoxy) is 3. The van der Waals surface area contributed by atoms with Crippen LogP contribution in [-0.4, -0.2) is 31.8 Å². The van der Waals surface area contributed by atoms with Crippen LogP contribution in [0.1, 0.15) is 15.9 Å². The van der Waals surface area contributed by atoms with E-state index in [9.17, 15) is 9.59 Å². The van der Waals surface area contributed by atoms with Gasteiger partial charge in [0.15, 0.2) is 11.5 Å². The van der Waals surface area contributed by atoms with Crippen molar-refractivity contribution >= 4 is 11.6 Å². The number of benzene rings is 2. The Bertz CT molecular complexity index is 1060. The lowest BCUT2D eigenvalue weighted by Crippen LogP contribution is -2.22. The SMILES string of the molecule is COc1ccc(Cn2cc(C(=O)Nc3ccc(OC)c(OC)c3)ccc2=O)cc1. The number of hydrogen-bond donors (Lipinski definition) is 1. The molecule has 0 unspecified atom stereocenters. The molecule has 0 fully saturated rings. The molecule has 29 heavy (non-hydrogen) atoms. The molecule has 1 amide bonds. The molecule has 0 aliphatic rings. The first kappa shape index (κ1) is 20.0. The van der Waals surface area contributed by atoms with Gasteiger partial charge in [0, 0.05) is 24.0 Å². The van der Waals surface area contributed by atoms with Crippen LogP contribution in [-0.2, 0) is 6.54 Å². The van der Waals surface area contributed by atoms with E-state index in [1.165, 1.54) is 23.8 Å². The Labute approximate surface area is 168 Å². The van der Waals surface area contributed by atoms with E-state index in [0.29, 0.717) is 29.3 Å². The number of carbonyl (C=O) groups excluding carboxylic acids is 1. The molecule has 0 saturated heterocycles. The largest absolute Gasteiger partial charge is 0.497 e. The first-order chi connectivity index (χ1) is 14.0. The zero-order chi connectivity index (χ0) is 20.8. The summed E-state index contributed by atoms with van der Waals surface area (Å²) >= 11 is 0. The average Bonchev–Trinajstić information content (AvgIpc) is 2.75. The number of anilines is 1. The standard InChI is InChI=1S/C22H22N2O5/c1-27-18-8-4-15(5-9-18)13-24-14-16(6-11-21(24)25)22(26)23-17-7-10-19(28-2)20(12-17)29-3/h4-12,14H,13H2,1-3H3,(H,23,26). The summed E-state index contributed by atoms with van der Waals surface area (Å²) in [7, 11) is 4.67. The van der Waals surface area contributed by atoms with Crippen molar-refractivity contribution in [2.75, 3.05) is 26.6 Å². The van der Waals surface area contributed by atoms with E-state index in [2.05, 4.69) is 5.32 Å². The van der Waals surface area contributed by atoms with Gasteiger partial charge in [0.25, 0.3) is 11.5 Å². The molecular weight excluding hydrogens is 372 g/mol. The van der Waals surface area contributed by atoms with Gasteiger partial charge in [-0.2, -0.15) is 0 Å². The van der Waals surface area contributed by atoms with E-state index in [-0.39, 0.29) is 11.5 Å². The zero-order valence-corrected chi connectivity index (χ0v) is 16.5. The van der Waals surface area contributed by atoms with Gasteiger partial charge in [-0.25, -0.2) is 0 Å². The van der Waals surface area contributed by atoms with Gasteiger partial charge in [0.05, 0.1) is 33.4 Å². The molecule has 3 rings (SSSR count). The van der Waals surface area contributed by atoms with Crippen LogP contribution in [0.4, 0.5) is 5.69 Å². The maximum Gasteiger partial charge on any atom is 0.257 e. The van der Waals surface area contributed by atoms with Gasteiger partial charge in [-0.15, -0.1) is 0 Å². The summed E-state index contributed by atoms with van der Waals surface area (Å²) in [4.78, 5) is 24.9. The molecule has 0 aliphatic heterocycles. The van der Waals surface area contributed by atoms with Crippen LogP contribution in [0.5, 0.6) is 17.2 Å². The van der Waals surface area contributed by atoms with E-state index >= 15 is 0 Å². The van der Waals surface area contributed by atoms with Gasteiger partial charge in [0.1, 0.15) is 5.75 Å². The summed E-state index contributed by atoms with van der Waals surface area (Å²) in [5.41, 5.74) is 1.65. The summed E-state index contributed by atoms with van der Waals surface area (Å²) in [6.07, 6.45) is 1.54. The van der Waals surface area contributed by atoms with Crippen LogP contribution >= 0.6 is 0 Å². The van der Waals surface area contributed by atoms with E-state index in [0.717, 1.165) is 11.3 Å². The van der Waals surface area contributed by atoms with Gasteiger partial charge in [-0.3, -0.25) is 9.59 Å². The molecule has 7 nitrogen and oxygen atoms in total. The lowest BCUT2D eigenvalue weighted by atomic mass is 10.2. The topological polar surface area (TPSA) is 78.8 Å². The van der Waals surface area contributed by atoms with Crippen LogP contribution in [0.2, 0.25) is 0 Å². The molecule has 0 spiro atoms. The number of rotatable bonds is 7. The van der Waals surface area contributed by atoms with E-state index in [4.69, 9.17) is 14.2 Å². The van der Waals surface area contributed by atoms with Gasteiger partial charge in [-0.05, 0) is 35.9 Å². The van der Waals surface area contributed by atoms with E-state index in [1.807, 2.05) is 24.3 Å². The minimum Gasteiger partial charge on any atom is -0.497 e. The monoisotopic (exact) mass is 394 g/mol. The quantitative estimate of drug-likeness (QED) is 0.666. The van der Waals surface area contributed by atoms with Crippen LogP contribution in [0.15, 0.2) is 65.6 Å². The number of nitrogens with zero attached hydrogens (tertiary/aromatic N) is 1. The average molecular weight is 394 g/mol. The van der Waals surface area contributed by atoms with E-state index in [1.54, 1.807) is 38.6 Å². The Kier molecular flexibility index (Phi) is 6.19. The minimum atomic E-state index is -0.333. The minimum absolute atomic E-state index is 0.191. The number of hydrogen-bond acceptors (Lipinski definition) is 5. The van der Waals surface area contributed by atoms with Crippen molar-refractivity contribution in [3.63, 3.8) is 0 Å². The van der Waals surface area contributed by atoms with Crippen LogP contribution in [0.3, 0.4) is 0 Å². The molecule has 150 valence electrons. The van der Waals surface area contributed by atoms with Crippen molar-refractivity contribution in [1.82, 2.24) is 4.57 Å². The molecule has 0 bridgehead atoms. The van der Waals surface area contributed by atoms with Gasteiger partial charge in [0.2, 0.25) is 0 Å². The van der Waals surface area contributed by atoms with E-state index < -0.39 is 0 Å². The Morgan fingerprint density at radius 1 is 0.897 bits per heavy atom. The highest BCUT2D eigenvalue weighted by Crippen LogP contribution is 2.29. The summed E-state index contributed by atoms with van der Waals surface area (Å²) in [6, 6.07) is 15.4. The molecule has 3 aromatic rings. The summed E-state index contributed by atoms with van der Waals surface area (Å²) in [5, 5.41) is 2.80. The van der Waals surface area contributed by atoms with Crippen LogP contribution in [0, 0.1) is 0 Å². The Hall–Kier alpha value is -3.74. The van der Waals surface area contributed by atoms with Crippen molar-refractivity contribution in [2.45, 2.75) is 6.54 Å². The third-order valence-electron chi connectivity index (χ3n) is 4.40. The highest BCUT2D eigenvalue weighted by atomic mass is 16.5. The molecule has 0 atom stereocenters. The fourth-order valence-corrected chi connectivity index (χ4v) is 2.83. The van der Waals surface area contributed by atoms with Gasteiger partial charge in [-0.1, -0.05) is 12.1 Å². The lowest BCUT2D eigenvalue weighted by Gasteiger charge is -2.12. The Balaban J connectivity index is 1.79. The van der Waals surface area contributed by atoms with Gasteiger partial charge >= 0.3 is 0 Å². The van der Waals surface area contributed by atoms with Crippen molar-refractivity contribution < 1.29 is 19.0 Å². The maximum atomic E-state index is 12.7. The first-order valence-electron chi connectivity index (χ1n) is 8.91. The number of methoxy groups -OCH3 is 3. The third kappa shape index (κ3) is 4.76. The Morgan fingerprint density at radius 3 is 2.28 bits per heavy atom. The second-order valence-electron chi connectivity index (χ2n) is 6.26. The molecule has 1 aromatic heterocycles. The number of nitrogens with one attached hydrogen (secondary N) is 1. The first-order valence-corrected chi connectivity index (χ1v) is 8.91. The van der Waals surface area contributed by atoms with Crippen molar-refractivity contribution in [3.8, 4) is 17.2 Å². The molecule has 0 aliphatic carbocycles. The predicted molar refractivity (Wildman–Crippen MR) is 110 cm³/mol. The van der Waals surface area contributed by atoms with Crippen molar-refractivity contribution in [3.05, 3.63) is 82.3 Å². The van der Waals surface area contributed by atoms with Crippen LogP contribution < -0.4 is 25.1 Å². The number of aromatic nitrogens is 1. The molecule has 2 aromatic carbocycles. The smallest absolute Gasteiger partial charge is 0.257 e. The van der Waals surface area contributed by atoms with Gasteiger partial charge < -0.3 is 24.1 Å². The van der Waals surface area contributed by atoms with Crippen LogP contribution in [0.25, 0.3) is 0 Å². The number of carbonyl (C=O) groups is 1. The molecular formula is C22H22N2O5. The molecule has 1 heterocycles. The highest BCUT2D eigenvalue weighted by Gasteiger charge is 2.11. The summed E-state index contributed by atoms with van der Waals surface area (Å²) in [5.74, 6) is 1.48. The molecule has 1 N–H and O–H groups in total. The fraction of sp³-hybridized carbons (Fsp3) is 0.182. The highest BCUT2D eigenvalue weighted by molar-refractivity contribution is 6.04. The summed E-state index contributed by atoms with van der Waals surface area (Å²) < 4.78 is 17.1. The second-order valence-corrected chi connectivity index (χ2v) is 6.26. The maximum absolute atomic E-state index is 12.7. The third-order valence-corrected chi connectivity index (χ3v) is 4.40. The molecule has 7 heteroatoms. The second kappa shape index (κ2) is 8.97. The molecule has 0 saturated carbocycles. The summed E-state index contributed by atoms with van der Waals surface area (Å²) in [6.45, 7) is 0.348. The predicted octanol–water partition coefficient (Wildman–Crippen LogP) is 3.17. The normalized spacial score (nSPS) is 10.3. The lowest BCUT2D eigenvalue weighted by molar-refractivity contribution is 0.102. The number of pyridine rings is 1. The Morgan fingerprint density at radius 2 is 1.62 bits per heavy atom. The molecule has 0 radical (unpaired) electrons. The fourth-order valence-electron chi connectivity index (χ4n) is 2.83. The van der Waals surface area contributed by atoms with Crippen molar-refractivity contribution in [1.29, 1.82) is 0 Å². The van der Waals surface area contributed by atoms with Crippen molar-refractivity contribution in [2.24, 2.45) is 0 Å². The number of amides is 1.